The molecule has 31 heavy (non-hydrogen) atoms. The highest BCUT2D eigenvalue weighted by molar-refractivity contribution is 8.45. The van der Waals surface area contributed by atoms with Crippen LogP contribution in [-0.2, 0) is 11.8 Å². The summed E-state index contributed by atoms with van der Waals surface area (Å²) in [6, 6.07) is 14.4. The summed E-state index contributed by atoms with van der Waals surface area (Å²) in [5.74, 6) is 1.29. The van der Waals surface area contributed by atoms with Crippen molar-refractivity contribution in [2.75, 3.05) is 7.05 Å². The molecule has 0 aromatic heterocycles. The molecule has 158 valence electrons. The lowest BCUT2D eigenvalue weighted by atomic mass is 10.2. The van der Waals surface area contributed by atoms with Crippen LogP contribution in [0.15, 0.2) is 68.8 Å². The molecule has 16 heteroatoms. The summed E-state index contributed by atoms with van der Waals surface area (Å²) in [4.78, 5) is 8.80. The summed E-state index contributed by atoms with van der Waals surface area (Å²) < 4.78 is 13.0. The van der Waals surface area contributed by atoms with E-state index in [0.717, 1.165) is 11.1 Å². The number of nitrogens with zero attached hydrogens (tertiary/aromatic N) is 9. The van der Waals surface area contributed by atoms with Crippen molar-refractivity contribution in [2.24, 2.45) is 20.3 Å². The smallest absolute Gasteiger partial charge is 0.466 e. The Balaban J connectivity index is 1.88. The van der Waals surface area contributed by atoms with Gasteiger partial charge in [-0.25, -0.2) is 0 Å². The van der Waals surface area contributed by atoms with Gasteiger partial charge in [0.2, 0.25) is 11.8 Å². The fraction of sp³-hybridized carbons (Fsp3) is 0.0667. The molecule has 0 fully saturated rings. The van der Waals surface area contributed by atoms with Gasteiger partial charge in [-0.1, -0.05) is 18.6 Å². The van der Waals surface area contributed by atoms with Gasteiger partial charge in [-0.15, -0.1) is 10.6 Å². The Kier molecular flexibility index (Phi) is 11.1. The van der Waals surface area contributed by atoms with E-state index in [1.807, 2.05) is 24.3 Å². The Labute approximate surface area is 189 Å². The molecule has 0 saturated heterocycles. The molecule has 0 radical (unpaired) electrons. The molecule has 0 heterocycles. The van der Waals surface area contributed by atoms with Crippen molar-refractivity contribution in [2.45, 2.75) is 0 Å². The Bertz CT molecular complexity index is 1040. The van der Waals surface area contributed by atoms with E-state index >= 15 is 0 Å². The van der Waals surface area contributed by atoms with Crippen LogP contribution in [0.2, 0.25) is 0 Å². The zero-order valence-corrected chi connectivity index (χ0v) is 20.8. The zero-order chi connectivity index (χ0) is 22.5. The minimum atomic E-state index is -1.41. The first-order valence-corrected chi connectivity index (χ1v) is 15.1. The highest BCUT2D eigenvalue weighted by Crippen LogP contribution is 2.63. The molecule has 11 nitrogen and oxygen atoms in total. The Morgan fingerprint density at radius 1 is 1.06 bits per heavy atom. The number of benzene rings is 2. The number of hydrogen-bond acceptors (Lipinski definition) is 6. The van der Waals surface area contributed by atoms with Gasteiger partial charge in [0.15, 0.2) is 12.0 Å². The van der Waals surface area contributed by atoms with E-state index in [0.29, 0.717) is 11.5 Å². The van der Waals surface area contributed by atoms with Crippen molar-refractivity contribution in [1.29, 1.82) is 0 Å². The van der Waals surface area contributed by atoms with Gasteiger partial charge >= 0.3 is 7.07 Å². The molecule has 0 N–H and O–H groups in total. The third kappa shape index (κ3) is 9.52. The average Bonchev–Trinajstić information content (AvgIpc) is 2.78. The van der Waals surface area contributed by atoms with Gasteiger partial charge in [-0.2, -0.15) is 4.91 Å². The minimum Gasteiger partial charge on any atom is -0.466 e. The Morgan fingerprint density at radius 3 is 2.29 bits per heavy atom. The standard InChI is InChI=1S/C15H16N9O2P4S/c1-24(29(31)25-14-6-2-12(3-7-14)10-18-22-20-16)19-11-13-4-8-15(9-5-13)26-30(27)28-23-21-17/h2-11,28H,27H2,1H3/q+1/b18-10?,19-11+. The first-order valence-electron chi connectivity index (χ1n) is 8.25. The van der Waals surface area contributed by atoms with Crippen LogP contribution in [-0.4, -0.2) is 24.3 Å². The number of rotatable bonds is 11. The van der Waals surface area contributed by atoms with Crippen LogP contribution in [0.1, 0.15) is 11.1 Å². The first kappa shape index (κ1) is 24.9. The molecule has 2 aromatic carbocycles. The molecule has 0 spiro atoms. The summed E-state index contributed by atoms with van der Waals surface area (Å²) in [6.07, 6.45) is 3.11. The second-order valence-corrected chi connectivity index (χ2v) is 13.6. The molecule has 0 saturated carbocycles. The summed E-state index contributed by atoms with van der Waals surface area (Å²) in [6.45, 7) is 0. The molecular formula is C15H16N9O2P4S+. The van der Waals surface area contributed by atoms with Crippen molar-refractivity contribution in [1.82, 2.24) is 4.78 Å². The Morgan fingerprint density at radius 2 is 1.68 bits per heavy atom. The van der Waals surface area contributed by atoms with Crippen molar-refractivity contribution >= 4 is 56.2 Å². The SMILES string of the molecule is CN(/N=C/c1ccc(OP(P)PN=[N+]=[N-])cc1)[P+](=S)Oc1ccc(C=NN=[N+]=[N-])cc1. The number of hydrogen-bond donors (Lipinski definition) is 0. The maximum Gasteiger partial charge on any atom is 0.540 e. The van der Waals surface area contributed by atoms with Crippen LogP contribution in [0.25, 0.3) is 20.9 Å². The Hall–Kier alpha value is -2.39. The molecule has 0 aliphatic carbocycles. The molecule has 4 atom stereocenters. The molecule has 4 unspecified atom stereocenters. The number of azide groups is 2. The molecule has 0 aliphatic heterocycles. The normalized spacial score (nSPS) is 12.4. The van der Waals surface area contributed by atoms with E-state index in [1.165, 1.54) is 6.21 Å². The van der Waals surface area contributed by atoms with Crippen LogP contribution < -0.4 is 9.05 Å². The lowest BCUT2D eigenvalue weighted by molar-refractivity contribution is 0.515. The van der Waals surface area contributed by atoms with E-state index in [4.69, 9.17) is 31.9 Å². The van der Waals surface area contributed by atoms with Crippen molar-refractivity contribution in [3.63, 3.8) is 0 Å². The van der Waals surface area contributed by atoms with Crippen molar-refractivity contribution in [3.05, 3.63) is 80.5 Å². The molecule has 2 rings (SSSR count). The van der Waals surface area contributed by atoms with Crippen molar-refractivity contribution in [3.8, 4) is 11.5 Å². The van der Waals surface area contributed by atoms with E-state index in [9.17, 15) is 0 Å². The number of hydrazone groups is 1. The van der Waals surface area contributed by atoms with E-state index in [2.05, 4.69) is 39.1 Å². The van der Waals surface area contributed by atoms with Crippen LogP contribution in [0.5, 0.6) is 11.5 Å². The molecule has 0 amide bonds. The molecule has 0 bridgehead atoms. The topological polar surface area (TPSA) is 144 Å². The summed E-state index contributed by atoms with van der Waals surface area (Å²) in [7, 11) is 2.03. The van der Waals surface area contributed by atoms with E-state index in [-0.39, 0.29) is 8.42 Å². The summed E-state index contributed by atoms with van der Waals surface area (Å²) in [5.41, 5.74) is 18.2. The van der Waals surface area contributed by atoms with Gasteiger partial charge in [0, 0.05) is 24.1 Å². The highest BCUT2D eigenvalue weighted by Gasteiger charge is 2.20. The zero-order valence-electron chi connectivity index (χ0n) is 16.0. The molecule has 2 aromatic rings. The van der Waals surface area contributed by atoms with E-state index in [1.54, 1.807) is 42.3 Å². The van der Waals surface area contributed by atoms with Gasteiger partial charge in [-0.05, 0) is 64.7 Å². The molecule has 0 aliphatic rings. The van der Waals surface area contributed by atoms with Crippen molar-refractivity contribution < 1.29 is 9.05 Å². The van der Waals surface area contributed by atoms with Crippen LogP contribution in [0, 0.1) is 0 Å². The third-order valence-corrected chi connectivity index (χ3v) is 8.39. The molecular weight excluding hydrogens is 494 g/mol. The summed E-state index contributed by atoms with van der Waals surface area (Å²) in [5, 5.41) is 11.0. The van der Waals surface area contributed by atoms with Gasteiger partial charge in [0.05, 0.1) is 13.3 Å². The quantitative estimate of drug-likeness (QED) is 0.0814. The third-order valence-electron chi connectivity index (χ3n) is 3.24. The van der Waals surface area contributed by atoms with Gasteiger partial charge in [0.1, 0.15) is 13.3 Å². The fourth-order valence-electron chi connectivity index (χ4n) is 1.88. The van der Waals surface area contributed by atoms with Crippen LogP contribution >= 0.6 is 31.9 Å². The maximum atomic E-state index is 8.35. The van der Waals surface area contributed by atoms with E-state index < -0.39 is 14.6 Å². The minimum absolute atomic E-state index is 0.0433. The average molecular weight is 510 g/mol. The monoisotopic (exact) mass is 510 g/mol. The summed E-state index contributed by atoms with van der Waals surface area (Å²) >= 11 is 5.40. The predicted molar refractivity (Wildman–Crippen MR) is 135 cm³/mol. The maximum absolute atomic E-state index is 8.35. The second kappa shape index (κ2) is 13.8. The lowest BCUT2D eigenvalue weighted by Gasteiger charge is -2.10. The first-order chi connectivity index (χ1) is 15.0. The van der Waals surface area contributed by atoms with Gasteiger partial charge in [0.25, 0.3) is 0 Å². The lowest BCUT2D eigenvalue weighted by Crippen LogP contribution is -2.03. The van der Waals surface area contributed by atoms with Gasteiger partial charge < -0.3 is 4.52 Å². The second-order valence-electron chi connectivity index (χ2n) is 5.33. The fourth-order valence-corrected chi connectivity index (χ4v) is 5.00. The van der Waals surface area contributed by atoms with Crippen LogP contribution in [0.3, 0.4) is 0 Å². The highest BCUT2D eigenvalue weighted by atomic mass is 32.4. The predicted octanol–water partition coefficient (Wildman–Crippen LogP) is 6.83. The van der Waals surface area contributed by atoms with Gasteiger partial charge in [-0.3, -0.25) is 4.52 Å². The van der Waals surface area contributed by atoms with Crippen LogP contribution in [0.4, 0.5) is 0 Å². The largest absolute Gasteiger partial charge is 0.540 e.